The fraction of sp³-hybridized carbons (Fsp3) is 0.643. The van der Waals surface area contributed by atoms with Crippen LogP contribution in [0.4, 0.5) is 4.79 Å². The predicted molar refractivity (Wildman–Crippen MR) is 81.1 cm³/mol. The second-order valence-electron chi connectivity index (χ2n) is 5.26. The summed E-state index contributed by atoms with van der Waals surface area (Å²) in [7, 11) is 4.04. The van der Waals surface area contributed by atoms with Gasteiger partial charge in [-0.15, -0.1) is 0 Å². The maximum Gasteiger partial charge on any atom is 0.314 e. The fourth-order valence-electron chi connectivity index (χ4n) is 2.33. The molecule has 0 aliphatic carbocycles. The van der Waals surface area contributed by atoms with E-state index in [9.17, 15) is 4.79 Å². The van der Waals surface area contributed by atoms with Gasteiger partial charge in [0.1, 0.15) is 0 Å². The molecule has 6 heteroatoms. The molecule has 1 fully saturated rings. The lowest BCUT2D eigenvalue weighted by atomic mass is 10.1. The number of amides is 2. The molecule has 2 amide bonds. The van der Waals surface area contributed by atoms with Crippen molar-refractivity contribution in [2.75, 3.05) is 33.8 Å². The molecule has 2 heterocycles. The van der Waals surface area contributed by atoms with Crippen molar-refractivity contribution in [3.63, 3.8) is 0 Å². The van der Waals surface area contributed by atoms with E-state index in [1.54, 1.807) is 11.3 Å². The van der Waals surface area contributed by atoms with Crippen LogP contribution in [0.1, 0.15) is 24.4 Å². The van der Waals surface area contributed by atoms with E-state index in [1.165, 1.54) is 5.56 Å². The number of carbonyl (C=O) groups excluding carboxylic acids is 1. The minimum absolute atomic E-state index is 0.123. The Labute approximate surface area is 124 Å². The van der Waals surface area contributed by atoms with Crippen LogP contribution in [0.2, 0.25) is 0 Å². The predicted octanol–water partition coefficient (Wildman–Crippen LogP) is 1.83. The van der Waals surface area contributed by atoms with Crippen molar-refractivity contribution in [3.05, 3.63) is 22.4 Å². The third-order valence-electron chi connectivity index (χ3n) is 3.52. The molecule has 0 bridgehead atoms. The molecule has 0 radical (unpaired) electrons. The average Bonchev–Trinajstić information content (AvgIpc) is 3.09. The number of ether oxygens (including phenoxy) is 1. The Bertz CT molecular complexity index is 403. The number of hydrogen-bond acceptors (Lipinski definition) is 4. The molecule has 1 aliphatic heterocycles. The Hall–Kier alpha value is -1.11. The zero-order chi connectivity index (χ0) is 14.4. The Morgan fingerprint density at radius 3 is 3.00 bits per heavy atom. The summed E-state index contributed by atoms with van der Waals surface area (Å²) in [6, 6.07) is 2.18. The van der Waals surface area contributed by atoms with Crippen LogP contribution in [0.5, 0.6) is 0 Å². The molecular weight excluding hydrogens is 274 g/mol. The van der Waals surface area contributed by atoms with Crippen molar-refractivity contribution in [3.8, 4) is 0 Å². The summed E-state index contributed by atoms with van der Waals surface area (Å²) in [6.45, 7) is 2.01. The van der Waals surface area contributed by atoms with Crippen LogP contribution >= 0.6 is 11.3 Å². The summed E-state index contributed by atoms with van der Waals surface area (Å²) in [4.78, 5) is 13.9. The van der Waals surface area contributed by atoms with Gasteiger partial charge in [0.2, 0.25) is 0 Å². The van der Waals surface area contributed by atoms with Gasteiger partial charge in [-0.1, -0.05) is 0 Å². The minimum atomic E-state index is -0.123. The second kappa shape index (κ2) is 7.61. The van der Waals surface area contributed by atoms with E-state index in [0.717, 1.165) is 19.4 Å². The molecule has 2 N–H and O–H groups in total. The zero-order valence-electron chi connectivity index (χ0n) is 12.1. The number of carbonyl (C=O) groups is 1. The van der Waals surface area contributed by atoms with E-state index in [4.69, 9.17) is 4.74 Å². The first kappa shape index (κ1) is 15.3. The third kappa shape index (κ3) is 4.47. The molecule has 0 unspecified atom stereocenters. The Kier molecular flexibility index (Phi) is 5.82. The summed E-state index contributed by atoms with van der Waals surface area (Å²) in [6.07, 6.45) is 2.31. The van der Waals surface area contributed by atoms with Gasteiger partial charge in [-0.3, -0.25) is 0 Å². The first-order valence-electron chi connectivity index (χ1n) is 6.98. The maximum absolute atomic E-state index is 11.8. The average molecular weight is 297 g/mol. The van der Waals surface area contributed by atoms with Crippen molar-refractivity contribution < 1.29 is 9.53 Å². The van der Waals surface area contributed by atoms with Gasteiger partial charge >= 0.3 is 6.03 Å². The summed E-state index contributed by atoms with van der Waals surface area (Å²) in [5.41, 5.74) is 1.24. The van der Waals surface area contributed by atoms with Crippen molar-refractivity contribution in [1.82, 2.24) is 15.5 Å². The van der Waals surface area contributed by atoms with E-state index >= 15 is 0 Å². The van der Waals surface area contributed by atoms with E-state index in [1.807, 2.05) is 14.1 Å². The molecule has 20 heavy (non-hydrogen) atoms. The number of nitrogens with zero attached hydrogens (tertiary/aromatic N) is 1. The topological polar surface area (TPSA) is 53.6 Å². The lowest BCUT2D eigenvalue weighted by Crippen LogP contribution is -2.42. The molecule has 112 valence electrons. The van der Waals surface area contributed by atoms with Gasteiger partial charge in [-0.25, -0.2) is 4.79 Å². The van der Waals surface area contributed by atoms with Crippen molar-refractivity contribution in [2.45, 2.75) is 25.0 Å². The highest BCUT2D eigenvalue weighted by Gasteiger charge is 2.18. The first-order chi connectivity index (χ1) is 9.66. The lowest BCUT2D eigenvalue weighted by Gasteiger charge is -2.24. The van der Waals surface area contributed by atoms with Crippen LogP contribution < -0.4 is 10.6 Å². The summed E-state index contributed by atoms with van der Waals surface area (Å²) in [5, 5.41) is 9.99. The Balaban J connectivity index is 1.73. The third-order valence-corrected chi connectivity index (χ3v) is 4.22. The van der Waals surface area contributed by atoms with Gasteiger partial charge in [0.15, 0.2) is 0 Å². The molecule has 1 aromatic rings. The second-order valence-corrected chi connectivity index (χ2v) is 6.04. The molecule has 0 spiro atoms. The van der Waals surface area contributed by atoms with Crippen LogP contribution in [0.25, 0.3) is 0 Å². The van der Waals surface area contributed by atoms with Gasteiger partial charge in [-0.2, -0.15) is 11.3 Å². The molecule has 0 aromatic carbocycles. The highest BCUT2D eigenvalue weighted by atomic mass is 32.1. The number of nitrogens with one attached hydrogen (secondary N) is 2. The van der Waals surface area contributed by atoms with E-state index in [2.05, 4.69) is 32.4 Å². The summed E-state index contributed by atoms with van der Waals surface area (Å²) < 4.78 is 5.48. The van der Waals surface area contributed by atoms with Gasteiger partial charge in [-0.05, 0) is 49.3 Å². The highest BCUT2D eigenvalue weighted by Crippen LogP contribution is 2.19. The normalized spacial score (nSPS) is 20.1. The number of hydrogen-bond donors (Lipinski definition) is 2. The number of likely N-dealkylation sites (N-methyl/N-ethyl adjacent to an activating group) is 1. The first-order valence-corrected chi connectivity index (χ1v) is 7.93. The van der Waals surface area contributed by atoms with Gasteiger partial charge in [0.25, 0.3) is 0 Å². The molecule has 2 rings (SSSR count). The van der Waals surface area contributed by atoms with Crippen molar-refractivity contribution in [1.29, 1.82) is 0 Å². The molecule has 1 aliphatic rings. The van der Waals surface area contributed by atoms with E-state index in [-0.39, 0.29) is 18.2 Å². The number of thiophene rings is 1. The number of rotatable bonds is 6. The van der Waals surface area contributed by atoms with Gasteiger partial charge in [0, 0.05) is 19.7 Å². The molecule has 0 saturated carbocycles. The Morgan fingerprint density at radius 1 is 1.55 bits per heavy atom. The fourth-order valence-corrected chi connectivity index (χ4v) is 3.03. The van der Waals surface area contributed by atoms with Crippen LogP contribution in [0.3, 0.4) is 0 Å². The van der Waals surface area contributed by atoms with Crippen LogP contribution in [-0.4, -0.2) is 50.8 Å². The van der Waals surface area contributed by atoms with Crippen molar-refractivity contribution in [2.24, 2.45) is 0 Å². The van der Waals surface area contributed by atoms with Gasteiger partial charge < -0.3 is 20.3 Å². The van der Waals surface area contributed by atoms with E-state index in [0.29, 0.717) is 13.1 Å². The lowest BCUT2D eigenvalue weighted by molar-refractivity contribution is 0.111. The number of urea groups is 1. The highest BCUT2D eigenvalue weighted by molar-refractivity contribution is 7.07. The van der Waals surface area contributed by atoms with E-state index < -0.39 is 0 Å². The van der Waals surface area contributed by atoms with Crippen LogP contribution in [0.15, 0.2) is 16.8 Å². The smallest absolute Gasteiger partial charge is 0.314 e. The summed E-state index contributed by atoms with van der Waals surface area (Å²) in [5.74, 6) is 0. The standard InChI is InChI=1S/C14H23N3O2S/c1-17(2)13(11-5-7-20-10-11)9-16-14(18)15-8-12-4-3-6-19-12/h5,7,10,12-13H,3-4,6,8-9H2,1-2H3,(H2,15,16,18)/t12-,13+/m0/s1. The zero-order valence-corrected chi connectivity index (χ0v) is 12.9. The summed E-state index contributed by atoms with van der Waals surface area (Å²) >= 11 is 1.68. The largest absolute Gasteiger partial charge is 0.376 e. The molecule has 2 atom stereocenters. The molecule has 1 aromatic heterocycles. The van der Waals surface area contributed by atoms with Crippen LogP contribution in [-0.2, 0) is 4.74 Å². The van der Waals surface area contributed by atoms with Gasteiger partial charge in [0.05, 0.1) is 12.1 Å². The molecule has 5 nitrogen and oxygen atoms in total. The quantitative estimate of drug-likeness (QED) is 0.842. The SMILES string of the molecule is CN(C)[C@H](CNC(=O)NC[C@@H]1CCCO1)c1ccsc1. The maximum atomic E-state index is 11.8. The monoisotopic (exact) mass is 297 g/mol. The Morgan fingerprint density at radius 2 is 2.40 bits per heavy atom. The van der Waals surface area contributed by atoms with Crippen molar-refractivity contribution >= 4 is 17.4 Å². The molecule has 1 saturated heterocycles. The minimum Gasteiger partial charge on any atom is -0.376 e. The van der Waals surface area contributed by atoms with Crippen LogP contribution in [0, 0.1) is 0 Å². The molecular formula is C14H23N3O2S.